The number of hydrogen-bond acceptors (Lipinski definition) is 5. The van der Waals surface area contributed by atoms with E-state index < -0.39 is 24.0 Å². The Morgan fingerprint density at radius 1 is 1.12 bits per heavy atom. The zero-order valence-corrected chi connectivity index (χ0v) is 15.6. The lowest BCUT2D eigenvalue weighted by molar-refractivity contribution is -0.870. The number of nitrogens with two attached hydrogens (primary N) is 1. The number of esters is 1. The summed E-state index contributed by atoms with van der Waals surface area (Å²) in [5, 5.41) is 2.44. The Hall–Kier alpha value is -2.61. The highest BCUT2D eigenvalue weighted by atomic mass is 16.6. The van der Waals surface area contributed by atoms with E-state index in [0.717, 1.165) is 5.56 Å². The molecule has 1 aromatic carbocycles. The number of carbonyl (C=O) groups excluding carboxylic acids is 3. The van der Waals surface area contributed by atoms with Gasteiger partial charge < -0.3 is 25.0 Å². The van der Waals surface area contributed by atoms with Crippen molar-refractivity contribution in [1.82, 2.24) is 5.32 Å². The third-order valence-corrected chi connectivity index (χ3v) is 3.48. The Morgan fingerprint density at radius 2 is 1.77 bits per heavy atom. The van der Waals surface area contributed by atoms with Crippen LogP contribution < -0.4 is 11.1 Å². The molecule has 0 saturated heterocycles. The lowest BCUT2D eigenvalue weighted by Crippen LogP contribution is -2.44. The molecule has 2 amide bonds. The first-order valence-corrected chi connectivity index (χ1v) is 8.40. The van der Waals surface area contributed by atoms with Crippen molar-refractivity contribution in [1.29, 1.82) is 0 Å². The number of benzene rings is 1. The van der Waals surface area contributed by atoms with Gasteiger partial charge in [0.1, 0.15) is 25.8 Å². The number of carbonyl (C=O) groups is 3. The molecule has 0 bridgehead atoms. The molecule has 8 heteroatoms. The molecule has 0 heterocycles. The summed E-state index contributed by atoms with van der Waals surface area (Å²) in [6.07, 6.45) is -0.751. The lowest BCUT2D eigenvalue weighted by Gasteiger charge is -2.24. The van der Waals surface area contributed by atoms with Gasteiger partial charge in [0, 0.05) is 6.42 Å². The molecule has 0 fully saturated rings. The third-order valence-electron chi connectivity index (χ3n) is 3.48. The molecule has 1 atom stereocenters. The van der Waals surface area contributed by atoms with Crippen LogP contribution in [0, 0.1) is 0 Å². The molecule has 0 aliphatic carbocycles. The Morgan fingerprint density at radius 3 is 2.35 bits per heavy atom. The smallest absolute Gasteiger partial charge is 0.408 e. The third kappa shape index (κ3) is 9.63. The van der Waals surface area contributed by atoms with E-state index in [1.807, 2.05) is 51.5 Å². The zero-order chi connectivity index (χ0) is 19.6. The summed E-state index contributed by atoms with van der Waals surface area (Å²) in [5.41, 5.74) is 5.95. The average molecular weight is 366 g/mol. The number of alkyl carbamates (subject to hydrolysis) is 1. The summed E-state index contributed by atoms with van der Waals surface area (Å²) in [5.74, 6) is -1.18. The van der Waals surface area contributed by atoms with Crippen LogP contribution in [0.2, 0.25) is 0 Å². The quantitative estimate of drug-likeness (QED) is 0.470. The maximum atomic E-state index is 12.2. The first kappa shape index (κ1) is 21.4. The molecule has 0 radical (unpaired) electrons. The summed E-state index contributed by atoms with van der Waals surface area (Å²) in [7, 11) is 5.91. The Labute approximate surface area is 153 Å². The number of likely N-dealkylation sites (N-methyl/N-ethyl adjacent to an activating group) is 1. The number of rotatable bonds is 10. The van der Waals surface area contributed by atoms with Crippen LogP contribution in [0.1, 0.15) is 18.4 Å². The van der Waals surface area contributed by atoms with Gasteiger partial charge >= 0.3 is 12.1 Å². The van der Waals surface area contributed by atoms with Gasteiger partial charge in [0.25, 0.3) is 0 Å². The van der Waals surface area contributed by atoms with Gasteiger partial charge in [0.15, 0.2) is 0 Å². The molecule has 1 aromatic rings. The Kier molecular flexibility index (Phi) is 8.57. The SMILES string of the molecule is C[N+](C)(C)CCOC(=O)[C@@H](CCC(N)=O)NC(=O)OCc1ccccc1. The zero-order valence-electron chi connectivity index (χ0n) is 15.6. The van der Waals surface area contributed by atoms with E-state index in [2.05, 4.69) is 5.32 Å². The van der Waals surface area contributed by atoms with Crippen LogP contribution in [0.15, 0.2) is 30.3 Å². The average Bonchev–Trinajstić information content (AvgIpc) is 2.56. The van der Waals surface area contributed by atoms with E-state index in [4.69, 9.17) is 15.2 Å². The summed E-state index contributed by atoms with van der Waals surface area (Å²) in [4.78, 5) is 35.1. The number of hydrogen-bond donors (Lipinski definition) is 2. The van der Waals surface area contributed by atoms with Crippen LogP contribution in [-0.2, 0) is 25.7 Å². The van der Waals surface area contributed by atoms with Crippen LogP contribution in [-0.4, -0.2) is 62.8 Å². The number of quaternary nitrogens is 1. The van der Waals surface area contributed by atoms with Gasteiger partial charge in [-0.15, -0.1) is 0 Å². The van der Waals surface area contributed by atoms with E-state index in [0.29, 0.717) is 11.0 Å². The summed E-state index contributed by atoms with van der Waals surface area (Å²) >= 11 is 0. The van der Waals surface area contributed by atoms with E-state index in [1.54, 1.807) is 0 Å². The highest BCUT2D eigenvalue weighted by Crippen LogP contribution is 2.04. The fourth-order valence-corrected chi connectivity index (χ4v) is 1.96. The summed E-state index contributed by atoms with van der Waals surface area (Å²) in [6, 6.07) is 8.16. The molecule has 0 aliphatic heterocycles. The van der Waals surface area contributed by atoms with E-state index in [1.165, 1.54) is 0 Å². The highest BCUT2D eigenvalue weighted by Gasteiger charge is 2.24. The number of nitrogens with one attached hydrogen (secondary N) is 1. The molecule has 0 aromatic heterocycles. The number of primary amides is 1. The van der Waals surface area contributed by atoms with E-state index >= 15 is 0 Å². The molecule has 26 heavy (non-hydrogen) atoms. The second-order valence-electron chi connectivity index (χ2n) is 6.95. The predicted molar refractivity (Wildman–Crippen MR) is 95.8 cm³/mol. The van der Waals surface area contributed by atoms with Crippen LogP contribution >= 0.6 is 0 Å². The van der Waals surface area contributed by atoms with Crippen LogP contribution in [0.5, 0.6) is 0 Å². The normalized spacial score (nSPS) is 12.1. The number of amides is 2. The van der Waals surface area contributed by atoms with Gasteiger partial charge in [0.2, 0.25) is 5.91 Å². The molecule has 1 rings (SSSR count). The lowest BCUT2D eigenvalue weighted by atomic mass is 10.1. The van der Waals surface area contributed by atoms with E-state index in [-0.39, 0.29) is 26.1 Å². The maximum Gasteiger partial charge on any atom is 0.408 e. The van der Waals surface area contributed by atoms with Crippen molar-refractivity contribution in [2.75, 3.05) is 34.3 Å². The van der Waals surface area contributed by atoms with Crippen molar-refractivity contribution in [3.8, 4) is 0 Å². The van der Waals surface area contributed by atoms with Gasteiger partial charge in [-0.3, -0.25) is 4.79 Å². The van der Waals surface area contributed by atoms with Crippen molar-refractivity contribution in [3.63, 3.8) is 0 Å². The molecule has 0 spiro atoms. The largest absolute Gasteiger partial charge is 0.458 e. The fourth-order valence-electron chi connectivity index (χ4n) is 1.96. The monoisotopic (exact) mass is 366 g/mol. The van der Waals surface area contributed by atoms with Crippen molar-refractivity contribution in [3.05, 3.63) is 35.9 Å². The standard InChI is InChI=1S/C18H27N3O5/c1-21(2,3)11-12-25-17(23)15(9-10-16(19)22)20-18(24)26-13-14-7-5-4-6-8-14/h4-8,15H,9-13H2,1-3H3,(H2-,19,20,22,24)/p+1/t15-/m1/s1. The molecule has 0 saturated carbocycles. The van der Waals surface area contributed by atoms with Crippen molar-refractivity contribution < 1.29 is 28.3 Å². The van der Waals surface area contributed by atoms with Gasteiger partial charge in [0.05, 0.1) is 21.1 Å². The van der Waals surface area contributed by atoms with Crippen molar-refractivity contribution in [2.45, 2.75) is 25.5 Å². The summed E-state index contributed by atoms with van der Waals surface area (Å²) < 4.78 is 10.9. The van der Waals surface area contributed by atoms with Gasteiger partial charge in [-0.2, -0.15) is 0 Å². The van der Waals surface area contributed by atoms with Crippen LogP contribution in [0.25, 0.3) is 0 Å². The molecule has 0 unspecified atom stereocenters. The molecule has 144 valence electrons. The highest BCUT2D eigenvalue weighted by molar-refractivity contribution is 5.82. The van der Waals surface area contributed by atoms with Gasteiger partial charge in [-0.25, -0.2) is 9.59 Å². The molecule has 3 N–H and O–H groups in total. The van der Waals surface area contributed by atoms with Crippen molar-refractivity contribution >= 4 is 18.0 Å². The minimum atomic E-state index is -0.988. The minimum absolute atomic E-state index is 0.0476. The second kappa shape index (κ2) is 10.4. The number of nitrogens with zero attached hydrogens (tertiary/aromatic N) is 1. The van der Waals surface area contributed by atoms with Crippen LogP contribution in [0.4, 0.5) is 4.79 Å². The first-order valence-electron chi connectivity index (χ1n) is 8.40. The van der Waals surface area contributed by atoms with Gasteiger partial charge in [-0.1, -0.05) is 30.3 Å². The molecule has 0 aliphatic rings. The topological polar surface area (TPSA) is 108 Å². The summed E-state index contributed by atoms with van der Waals surface area (Å²) in [6.45, 7) is 0.897. The fraction of sp³-hybridized carbons (Fsp3) is 0.500. The predicted octanol–water partition coefficient (Wildman–Crippen LogP) is 0.796. The molecular weight excluding hydrogens is 338 g/mol. The molecule has 8 nitrogen and oxygen atoms in total. The minimum Gasteiger partial charge on any atom is -0.458 e. The number of ether oxygens (including phenoxy) is 2. The molecular formula is C18H28N3O5+. The van der Waals surface area contributed by atoms with Crippen LogP contribution in [0.3, 0.4) is 0 Å². The van der Waals surface area contributed by atoms with Gasteiger partial charge in [-0.05, 0) is 12.0 Å². The first-order chi connectivity index (χ1) is 12.2. The second-order valence-corrected chi connectivity index (χ2v) is 6.95. The Bertz CT molecular complexity index is 599. The Balaban J connectivity index is 2.53. The van der Waals surface area contributed by atoms with E-state index in [9.17, 15) is 14.4 Å². The maximum absolute atomic E-state index is 12.2. The van der Waals surface area contributed by atoms with Crippen molar-refractivity contribution in [2.24, 2.45) is 5.73 Å².